The lowest BCUT2D eigenvalue weighted by Gasteiger charge is -2.41. The van der Waals surface area contributed by atoms with Gasteiger partial charge in [0.05, 0.1) is 34.2 Å². The number of hydrogen-bond acceptors (Lipinski definition) is 11. The summed E-state index contributed by atoms with van der Waals surface area (Å²) in [6.45, 7) is 7.06. The summed E-state index contributed by atoms with van der Waals surface area (Å²) in [6, 6.07) is 16.5. The molecule has 344 valence electrons. The Balaban J connectivity index is 0.723. The van der Waals surface area contributed by atoms with Crippen LogP contribution >= 0.6 is 0 Å². The number of amides is 6. The topological polar surface area (TPSA) is 180 Å². The Hall–Kier alpha value is -6.81. The smallest absolute Gasteiger partial charge is 0.272 e. The summed E-state index contributed by atoms with van der Waals surface area (Å²) >= 11 is 0. The standard InChI is InChI=1S/C51H53N9O7/c1-30(61)58-23-16-42-39(29-58)47(55-60(42)35-17-24-67-25-18-35)36-5-2-4-33-26-41(53-28-38(33)36)34-8-9-40(52-27-34)50(65)57-21-14-32(15-22-57)31-12-19-56(20-13-31)43-7-3-6-37-46(43)51(66)59(49(37)64)44-10-11-45(62)54-48(44)63/h2-9,26-28,31-32,35,44H,10-25,29H2,1H3,(H,54,62,63). The first kappa shape index (κ1) is 42.8. The second-order valence-corrected chi connectivity index (χ2v) is 18.9. The Kier molecular flexibility index (Phi) is 11.1. The van der Waals surface area contributed by atoms with Gasteiger partial charge in [-0.25, -0.2) is 0 Å². The van der Waals surface area contributed by atoms with Gasteiger partial charge in [-0.05, 0) is 92.5 Å². The number of nitrogens with zero attached hydrogens (tertiary/aromatic N) is 8. The number of benzene rings is 2. The molecule has 6 amide bonds. The molecular weight excluding hydrogens is 851 g/mol. The Morgan fingerprint density at radius 3 is 2.22 bits per heavy atom. The maximum atomic E-state index is 13.8. The highest BCUT2D eigenvalue weighted by Gasteiger charge is 2.46. The average Bonchev–Trinajstić information content (AvgIpc) is 3.87. The van der Waals surface area contributed by atoms with Crippen molar-refractivity contribution in [1.82, 2.24) is 39.8 Å². The quantitative estimate of drug-likeness (QED) is 0.201. The molecule has 4 fully saturated rings. The van der Waals surface area contributed by atoms with Crippen LogP contribution in [-0.4, -0.2) is 122 Å². The van der Waals surface area contributed by atoms with Gasteiger partial charge in [0.25, 0.3) is 17.7 Å². The van der Waals surface area contributed by atoms with Crippen LogP contribution in [0.4, 0.5) is 5.69 Å². The summed E-state index contributed by atoms with van der Waals surface area (Å²) in [6.07, 6.45) is 10.1. The van der Waals surface area contributed by atoms with E-state index in [-0.39, 0.29) is 30.7 Å². The molecule has 6 aliphatic heterocycles. The molecule has 0 spiro atoms. The van der Waals surface area contributed by atoms with Crippen molar-refractivity contribution in [2.45, 2.75) is 83.3 Å². The van der Waals surface area contributed by atoms with E-state index in [1.807, 2.05) is 34.2 Å². The van der Waals surface area contributed by atoms with E-state index in [0.717, 1.165) is 115 Å². The van der Waals surface area contributed by atoms with Gasteiger partial charge in [0.1, 0.15) is 11.7 Å². The Bertz CT molecular complexity index is 2840. The molecular formula is C51H53N9O7. The van der Waals surface area contributed by atoms with Crippen molar-refractivity contribution in [2.75, 3.05) is 50.8 Å². The number of hydrogen-bond donors (Lipinski definition) is 1. The van der Waals surface area contributed by atoms with E-state index in [1.54, 1.807) is 31.3 Å². The molecule has 2 aromatic carbocycles. The molecule has 16 nitrogen and oxygen atoms in total. The van der Waals surface area contributed by atoms with Crippen LogP contribution < -0.4 is 10.2 Å². The summed E-state index contributed by atoms with van der Waals surface area (Å²) in [5.41, 5.74) is 7.52. The minimum Gasteiger partial charge on any atom is -0.381 e. The first-order valence-corrected chi connectivity index (χ1v) is 23.8. The van der Waals surface area contributed by atoms with Crippen molar-refractivity contribution in [3.05, 3.63) is 95.1 Å². The molecule has 16 heteroatoms. The highest BCUT2D eigenvalue weighted by Crippen LogP contribution is 2.40. The zero-order valence-electron chi connectivity index (χ0n) is 37.6. The van der Waals surface area contributed by atoms with Crippen LogP contribution in [0.3, 0.4) is 0 Å². The van der Waals surface area contributed by atoms with Gasteiger partial charge in [0.15, 0.2) is 0 Å². The molecule has 6 aliphatic rings. The number of carbonyl (C=O) groups is 6. The normalized spacial score (nSPS) is 20.9. The predicted octanol–water partition coefficient (Wildman–Crippen LogP) is 5.59. The third kappa shape index (κ3) is 7.74. The van der Waals surface area contributed by atoms with Crippen molar-refractivity contribution in [2.24, 2.45) is 11.8 Å². The van der Waals surface area contributed by atoms with Crippen molar-refractivity contribution in [3.8, 4) is 22.5 Å². The van der Waals surface area contributed by atoms with Gasteiger partial charge in [-0.15, -0.1) is 0 Å². The zero-order chi connectivity index (χ0) is 45.9. The number of aromatic nitrogens is 4. The summed E-state index contributed by atoms with van der Waals surface area (Å²) in [5.74, 6) is -1.06. The monoisotopic (exact) mass is 903 g/mol. The number of pyridine rings is 2. The number of fused-ring (bicyclic) bond motifs is 3. The highest BCUT2D eigenvalue weighted by atomic mass is 16.5. The lowest BCUT2D eigenvalue weighted by atomic mass is 9.78. The van der Waals surface area contributed by atoms with Gasteiger partial charge in [-0.3, -0.25) is 53.6 Å². The highest BCUT2D eigenvalue weighted by molar-refractivity contribution is 6.25. The number of likely N-dealkylation sites (tertiary alicyclic amines) is 1. The van der Waals surface area contributed by atoms with Crippen LogP contribution in [0.1, 0.15) is 107 Å². The van der Waals surface area contributed by atoms with Crippen LogP contribution in [0.25, 0.3) is 33.3 Å². The van der Waals surface area contributed by atoms with Crippen LogP contribution in [0, 0.1) is 11.8 Å². The van der Waals surface area contributed by atoms with Gasteiger partial charge in [0, 0.05) is 112 Å². The molecule has 1 atom stereocenters. The van der Waals surface area contributed by atoms with E-state index in [9.17, 15) is 28.8 Å². The number of rotatable bonds is 7. The van der Waals surface area contributed by atoms with E-state index in [2.05, 4.69) is 38.1 Å². The van der Waals surface area contributed by atoms with Gasteiger partial charge in [0.2, 0.25) is 17.7 Å². The average molecular weight is 904 g/mol. The Morgan fingerprint density at radius 2 is 1.49 bits per heavy atom. The lowest BCUT2D eigenvalue weighted by Crippen LogP contribution is -2.54. The van der Waals surface area contributed by atoms with Gasteiger partial charge in [-0.1, -0.05) is 24.3 Å². The summed E-state index contributed by atoms with van der Waals surface area (Å²) < 4.78 is 7.88. The molecule has 0 radical (unpaired) electrons. The minimum atomic E-state index is -1.000. The second kappa shape index (κ2) is 17.4. The fraction of sp³-hybridized carbons (Fsp3) is 0.431. The van der Waals surface area contributed by atoms with Crippen molar-refractivity contribution < 1.29 is 33.5 Å². The third-order valence-corrected chi connectivity index (χ3v) is 15.2. The molecule has 1 N–H and O–H groups in total. The van der Waals surface area contributed by atoms with Gasteiger partial charge < -0.3 is 19.4 Å². The van der Waals surface area contributed by atoms with E-state index in [1.165, 1.54) is 5.69 Å². The van der Waals surface area contributed by atoms with Crippen LogP contribution in [0.2, 0.25) is 0 Å². The third-order valence-electron chi connectivity index (χ3n) is 15.2. The molecule has 11 rings (SSSR count). The fourth-order valence-electron chi connectivity index (χ4n) is 11.5. The molecule has 3 aromatic heterocycles. The molecule has 0 aliphatic carbocycles. The first-order valence-electron chi connectivity index (χ1n) is 23.8. The van der Waals surface area contributed by atoms with E-state index >= 15 is 0 Å². The number of anilines is 1. The maximum Gasteiger partial charge on any atom is 0.272 e. The predicted molar refractivity (Wildman–Crippen MR) is 247 cm³/mol. The van der Waals surface area contributed by atoms with E-state index < -0.39 is 29.7 Å². The Labute approximate surface area is 387 Å². The van der Waals surface area contributed by atoms with Gasteiger partial charge >= 0.3 is 0 Å². The molecule has 0 bridgehead atoms. The number of nitrogens with one attached hydrogen (secondary N) is 1. The minimum absolute atomic E-state index is 0.0645. The summed E-state index contributed by atoms with van der Waals surface area (Å²) in [7, 11) is 0. The van der Waals surface area contributed by atoms with Crippen molar-refractivity contribution in [3.63, 3.8) is 0 Å². The van der Waals surface area contributed by atoms with Crippen LogP contribution in [0.5, 0.6) is 0 Å². The number of imide groups is 2. The number of carbonyl (C=O) groups excluding carboxylic acids is 6. The molecule has 9 heterocycles. The largest absolute Gasteiger partial charge is 0.381 e. The number of ether oxygens (including phenoxy) is 1. The number of piperidine rings is 3. The van der Waals surface area contributed by atoms with E-state index in [0.29, 0.717) is 60.5 Å². The molecule has 67 heavy (non-hydrogen) atoms. The summed E-state index contributed by atoms with van der Waals surface area (Å²) in [4.78, 5) is 94.3. The first-order chi connectivity index (χ1) is 32.6. The lowest BCUT2D eigenvalue weighted by molar-refractivity contribution is -0.136. The molecule has 4 saturated heterocycles. The van der Waals surface area contributed by atoms with Crippen LogP contribution in [-0.2, 0) is 32.1 Å². The van der Waals surface area contributed by atoms with Crippen molar-refractivity contribution >= 4 is 51.9 Å². The van der Waals surface area contributed by atoms with Crippen LogP contribution in [0.15, 0.2) is 67.0 Å². The molecule has 1 unspecified atom stereocenters. The maximum absolute atomic E-state index is 13.8. The SMILES string of the molecule is CC(=O)N1CCc2c(c(-c3cccc4cc(-c5ccc(C(=O)N6CCC(C7CCN(c8cccc9c8C(=O)N(C8CCC(=O)NC8=O)C9=O)CC7)CC6)nc5)ncc34)nn2C2CCOCC2)C1. The molecule has 5 aromatic rings. The fourth-order valence-corrected chi connectivity index (χ4v) is 11.5. The van der Waals surface area contributed by atoms with E-state index in [4.69, 9.17) is 14.8 Å². The van der Waals surface area contributed by atoms with Crippen molar-refractivity contribution in [1.29, 1.82) is 0 Å². The zero-order valence-corrected chi connectivity index (χ0v) is 37.6. The molecule has 0 saturated carbocycles. The summed E-state index contributed by atoms with van der Waals surface area (Å²) in [5, 5.41) is 9.52. The Morgan fingerprint density at radius 1 is 0.746 bits per heavy atom. The second-order valence-electron chi connectivity index (χ2n) is 18.9. The van der Waals surface area contributed by atoms with Gasteiger partial charge in [-0.2, -0.15) is 5.10 Å².